The zero-order valence-corrected chi connectivity index (χ0v) is 76.3. The van der Waals surface area contributed by atoms with Crippen molar-refractivity contribution in [2.24, 2.45) is 0 Å². The normalized spacial score (nSPS) is 32.1. The van der Waals surface area contributed by atoms with Gasteiger partial charge in [0.2, 0.25) is 0 Å². The van der Waals surface area contributed by atoms with Crippen LogP contribution >= 0.6 is 58.0 Å². The lowest BCUT2D eigenvalue weighted by atomic mass is 10.0. The van der Waals surface area contributed by atoms with E-state index in [9.17, 15) is 26.7 Å². The van der Waals surface area contributed by atoms with E-state index in [4.69, 9.17) is 133 Å². The first kappa shape index (κ1) is 48.9. The summed E-state index contributed by atoms with van der Waals surface area (Å²) in [5.74, 6) is 0. The van der Waals surface area contributed by atoms with Crippen molar-refractivity contribution in [3.8, 4) is 0 Å². The Kier molecular flexibility index (Phi) is 16.8. The number of fused-ring (bicyclic) bond motifs is 5. The van der Waals surface area contributed by atoms with Gasteiger partial charge in [0.15, 0.2) is 0 Å². The van der Waals surface area contributed by atoms with Crippen LogP contribution in [0.4, 0.5) is 0 Å². The van der Waals surface area contributed by atoms with Crippen LogP contribution in [0.1, 0.15) is 260 Å². The Bertz CT molecular complexity index is 10100. The first-order chi connectivity index (χ1) is 87.9. The van der Waals surface area contributed by atoms with Crippen molar-refractivity contribution in [2.45, 2.75) is 158 Å². The minimum Gasteiger partial charge on any atom is -0.306 e. The Labute approximate surface area is 894 Å². The van der Waals surface area contributed by atoms with E-state index in [1.807, 2.05) is 14.1 Å². The predicted octanol–water partition coefficient (Wildman–Crippen LogP) is 21.5. The molecule has 135 heavy (non-hydrogen) atoms. The second kappa shape index (κ2) is 46.3. The lowest BCUT2D eigenvalue weighted by molar-refractivity contribution is 0.334. The molecule has 20 nitrogen and oxygen atoms in total. The highest BCUT2D eigenvalue weighted by atomic mass is 35.5. The zero-order chi connectivity index (χ0) is 145. The summed E-state index contributed by atoms with van der Waals surface area (Å²) in [6.07, 6.45) is -37.0. The third-order valence-corrected chi connectivity index (χ3v) is 22.4. The van der Waals surface area contributed by atoms with E-state index >= 15 is 0 Å². The number of aromatic nitrogens is 10. The highest BCUT2D eigenvalue weighted by Gasteiger charge is 2.28. The molecule has 0 N–H and O–H groups in total. The molecule has 0 amide bonds. The van der Waals surface area contributed by atoms with E-state index in [0.29, 0.717) is 62.3 Å². The fourth-order valence-corrected chi connectivity index (χ4v) is 15.2. The van der Waals surface area contributed by atoms with Crippen LogP contribution in [0.5, 0.6) is 0 Å². The van der Waals surface area contributed by atoms with Gasteiger partial charge in [0.1, 0.15) is 0 Å². The molecule has 5 aromatic heterocycles. The number of halogens is 5. The number of hydrogen-bond acceptors (Lipinski definition) is 15. The van der Waals surface area contributed by atoms with Crippen molar-refractivity contribution < 1.29 is 78.1 Å². The lowest BCUT2D eigenvalue weighted by Gasteiger charge is -2.19. The number of hydrogen-bond donors (Lipinski definition) is 0. The van der Waals surface area contributed by atoms with Gasteiger partial charge >= 0.3 is 0 Å². The lowest BCUT2D eigenvalue weighted by Crippen LogP contribution is -2.29. The molecule has 0 saturated carbocycles. The smallest absolute Gasteiger partial charge is 0.274 e. The monoisotopic (exact) mass is 1960 g/mol. The highest BCUT2D eigenvalue weighted by molar-refractivity contribution is 6.31. The van der Waals surface area contributed by atoms with Crippen LogP contribution in [-0.4, -0.2) is 174 Å². The topological polar surface area (TPSA) is 191 Å². The summed E-state index contributed by atoms with van der Waals surface area (Å²) in [6, 6.07) is 5.36. The SMILES string of the molecule is [2H]C([2H])(c1ccc(Cl)cc1)c1nn(C2([2H])C([2H])([2H])C([2H])([2H])N(C)C([2H])([2H])C([2H])([2H])C2([2H])[2H])c(=O)c2ccccc12.[2H]C1([2H])N(C)C([2H])([2H])C([2H])([2H])C([2H])(n2nc(Cc3ccc(Cl)cc3)c3ccccc3c2=O)C([2H])([2H])C1([2H])[2H].[2H]c1c([2H])c(C([2H])([2H])c2nn(C3CCCN(C)CC3)c(=O)c3c([2H])c([2H])c([2H])c([2H])c23)c([2H])c([2H])c1Cl.[2H]c1c([2H])c(Cc2nn(C3([2H])C([2H])([2H])C([2H])([2H])N(C)C([2H])([2H])C([2H])([2H])C3([2H])[2H])c(=O)c3ccccc23)c([2H])c([2H])c1Cl.[2H]c1c([2H])c(Cc2nn(C3CCCN(C)CC3)c(=O)c3c([2H])c([2H])c([2H])c([2H])c23)c([2H])c([2H])c1Cl. The molecule has 5 atom stereocenters. The maximum Gasteiger partial charge on any atom is 0.274 e. The molecule has 0 bridgehead atoms. The van der Waals surface area contributed by atoms with Crippen LogP contribution in [0.25, 0.3) is 53.9 Å². The Morgan fingerprint density at radius 3 is 0.993 bits per heavy atom. The minimum atomic E-state index is -3.98. The van der Waals surface area contributed by atoms with Crippen LogP contribution in [0.15, 0.2) is 266 Å². The Balaban J connectivity index is 0.000000164. The van der Waals surface area contributed by atoms with Crippen LogP contribution in [-0.2, 0) is 32.0 Å². The summed E-state index contributed by atoms with van der Waals surface area (Å²) in [7, 11) is 6.09. The molecule has 10 aromatic carbocycles. The number of rotatable bonds is 15. The Morgan fingerprint density at radius 2 is 0.593 bits per heavy atom. The maximum absolute atomic E-state index is 13.8. The molecular formula is C110H120Cl5N15O5. The van der Waals surface area contributed by atoms with Crippen molar-refractivity contribution in [2.75, 3.05) is 100 Å². The molecular weight excluding hydrogens is 1790 g/mol. The molecule has 0 aliphatic carbocycles. The van der Waals surface area contributed by atoms with Gasteiger partial charge < -0.3 is 24.5 Å². The predicted molar refractivity (Wildman–Crippen MR) is 553 cm³/mol. The molecule has 0 radical (unpaired) electrons. The van der Waals surface area contributed by atoms with Crippen molar-refractivity contribution in [3.63, 3.8) is 0 Å². The molecule has 25 heteroatoms. The second-order valence-corrected chi connectivity index (χ2v) is 32.8. The average molecular weight is 1970 g/mol. The van der Waals surface area contributed by atoms with E-state index in [1.54, 1.807) is 36.4 Å². The maximum atomic E-state index is 13.8. The number of benzene rings is 10. The molecule has 700 valence electrons. The quantitative estimate of drug-likeness (QED) is 0.0941. The summed E-state index contributed by atoms with van der Waals surface area (Å²) >= 11 is 29.7. The third kappa shape index (κ3) is 25.0. The molecule has 0 spiro atoms. The first-order valence-electron chi connectivity index (χ1n) is 70.4. The fraction of sp³-hybridized carbons (Fsp3) is 0.364. The first-order valence-corrected chi connectivity index (χ1v) is 43.8. The minimum absolute atomic E-state index is 0.0130. The third-order valence-electron chi connectivity index (χ3n) is 21.4. The second-order valence-electron chi connectivity index (χ2n) is 30.8. The fourth-order valence-electron chi connectivity index (χ4n) is 14.7. The Morgan fingerprint density at radius 1 is 0.296 bits per heavy atom. The molecule has 5 fully saturated rings. The number of likely N-dealkylation sites (tertiary alicyclic amines) is 5. The Hall–Kier alpha value is -10.9. The van der Waals surface area contributed by atoms with Gasteiger partial charge in [-0.3, -0.25) is 24.0 Å². The molecule has 15 aromatic rings. The molecule has 20 rings (SSSR count). The van der Waals surface area contributed by atoms with Crippen LogP contribution in [0.2, 0.25) is 25.1 Å². The molecule has 10 heterocycles. The van der Waals surface area contributed by atoms with Crippen molar-refractivity contribution >= 4 is 112 Å². The van der Waals surface area contributed by atoms with Crippen LogP contribution < -0.4 is 27.8 Å². The van der Waals surface area contributed by atoms with E-state index < -0.39 is 314 Å². The van der Waals surface area contributed by atoms with Crippen molar-refractivity contribution in [3.05, 3.63) is 375 Å². The van der Waals surface area contributed by atoms with Gasteiger partial charge in [-0.25, -0.2) is 23.4 Å². The molecule has 5 saturated heterocycles. The van der Waals surface area contributed by atoms with Gasteiger partial charge in [0.05, 0.1) is 117 Å². The van der Waals surface area contributed by atoms with Gasteiger partial charge in [0.25, 0.3) is 27.8 Å². The van der Waals surface area contributed by atoms with Gasteiger partial charge in [-0.05, 0) is 315 Å². The van der Waals surface area contributed by atoms with Gasteiger partial charge in [0, 0.05) is 131 Å². The highest BCUT2D eigenvalue weighted by Crippen LogP contribution is 2.32. The summed E-state index contributed by atoms with van der Waals surface area (Å²) < 4.78 is 485. The van der Waals surface area contributed by atoms with Crippen LogP contribution in [0, 0.1) is 0 Å². The van der Waals surface area contributed by atoms with Gasteiger partial charge in [-0.15, -0.1) is 0 Å². The molecule has 5 unspecified atom stereocenters. The van der Waals surface area contributed by atoms with E-state index in [1.165, 1.54) is 89.6 Å². The van der Waals surface area contributed by atoms with Crippen molar-refractivity contribution in [1.82, 2.24) is 73.4 Å². The van der Waals surface area contributed by atoms with Gasteiger partial charge in [-0.2, -0.15) is 25.5 Å². The summed E-state index contributed by atoms with van der Waals surface area (Å²) in [6.45, 7) is -18.2. The molecule has 5 aliphatic heterocycles. The van der Waals surface area contributed by atoms with Gasteiger partial charge in [-0.1, -0.05) is 209 Å². The summed E-state index contributed by atoms with van der Waals surface area (Å²) in [5, 5.41) is 19.0. The average Bonchev–Trinajstić information content (AvgIpc) is 1.51. The largest absolute Gasteiger partial charge is 0.306 e. The zero-order valence-electron chi connectivity index (χ0n) is 130. The van der Waals surface area contributed by atoms with E-state index in [2.05, 4.69) is 35.3 Å². The summed E-state index contributed by atoms with van der Waals surface area (Å²) in [4.78, 5) is 72.9. The van der Waals surface area contributed by atoms with Crippen molar-refractivity contribution in [1.29, 1.82) is 0 Å². The van der Waals surface area contributed by atoms with Crippen LogP contribution in [0.3, 0.4) is 0 Å². The standard InChI is InChI=1S/5C22H24ClN3O/c5*1-25-13-4-5-18(12-14-25)26-22(27)20-7-3-2-6-19(20)21(24-26)15-16-8-10-17(23)11-9-16/h5*2-3,6-11,18H,4-5,12-15H2,1H3/i4D2,5D2,8D,9D,10D,11D,12D2,13D2,14D2,18D;2D,3D,6D,7D,8D,9D,10D,11D,15D2;2D,3D,6D,7D,8D,9D,10D,11D;4D2,5D2,12D2,13D2,14D2,15D2,18D;4D2,5D2,12D2,13D2,14D2,18D. The number of nitrogens with zero attached hydrogens (tertiary/aromatic N) is 15. The molecule has 5 aliphatic rings. The van der Waals surface area contributed by atoms with E-state index in [0.717, 1.165) is 44.2 Å². The van der Waals surface area contributed by atoms with E-state index in [-0.39, 0.29) is 141 Å². The summed E-state index contributed by atoms with van der Waals surface area (Å²) in [5.41, 5.74) is -6.75.